The second-order valence-corrected chi connectivity index (χ2v) is 7.32. The van der Waals surface area contributed by atoms with Gasteiger partial charge in [0.1, 0.15) is 17.2 Å². The highest BCUT2D eigenvalue weighted by atomic mass is 32.1. The lowest BCUT2D eigenvalue weighted by atomic mass is 9.97. The molecule has 0 radical (unpaired) electrons. The first kappa shape index (κ1) is 16.6. The highest BCUT2D eigenvalue weighted by Gasteiger charge is 2.29. The monoisotopic (exact) mass is 347 g/mol. The van der Waals surface area contributed by atoms with Gasteiger partial charge in [0, 0.05) is 31.4 Å². The number of nitrogens with two attached hydrogens (primary N) is 1. The Morgan fingerprint density at radius 1 is 1.42 bits per heavy atom. The summed E-state index contributed by atoms with van der Waals surface area (Å²) >= 11 is 1.44. The standard InChI is InChI=1S/C16H21N5O2S/c1-10-14(24-11(2)19-10)16(23)21-6-3-4-12(8-21)15-18-5-7-20(15)9-13(17)22/h5,7,12H,3-4,6,8-9H2,1-2H3,(H2,17,22)/t12-/m0/s1. The number of carbonyl (C=O) groups is 2. The molecule has 0 spiro atoms. The number of hydrogen-bond acceptors (Lipinski definition) is 5. The van der Waals surface area contributed by atoms with E-state index in [-0.39, 0.29) is 18.4 Å². The van der Waals surface area contributed by atoms with Crippen LogP contribution in [0.15, 0.2) is 12.4 Å². The molecule has 0 aliphatic carbocycles. The lowest BCUT2D eigenvalue weighted by molar-refractivity contribution is -0.118. The van der Waals surface area contributed by atoms with Gasteiger partial charge in [-0.05, 0) is 26.7 Å². The second-order valence-electron chi connectivity index (χ2n) is 6.12. The Labute approximate surface area is 144 Å². The van der Waals surface area contributed by atoms with Crippen molar-refractivity contribution in [3.63, 3.8) is 0 Å². The molecule has 128 valence electrons. The average Bonchev–Trinajstić information content (AvgIpc) is 3.12. The van der Waals surface area contributed by atoms with Crippen LogP contribution in [0.1, 0.15) is 45.0 Å². The molecule has 24 heavy (non-hydrogen) atoms. The Morgan fingerprint density at radius 2 is 2.21 bits per heavy atom. The number of amides is 2. The van der Waals surface area contributed by atoms with E-state index in [0.717, 1.165) is 35.9 Å². The van der Waals surface area contributed by atoms with Gasteiger partial charge in [-0.25, -0.2) is 9.97 Å². The van der Waals surface area contributed by atoms with Crippen LogP contribution < -0.4 is 5.73 Å². The van der Waals surface area contributed by atoms with E-state index in [1.165, 1.54) is 11.3 Å². The maximum atomic E-state index is 12.8. The average molecular weight is 347 g/mol. The summed E-state index contributed by atoms with van der Waals surface area (Å²) in [6.07, 6.45) is 5.30. The fraction of sp³-hybridized carbons (Fsp3) is 0.500. The molecule has 2 amide bonds. The van der Waals surface area contributed by atoms with Crippen LogP contribution >= 0.6 is 11.3 Å². The Morgan fingerprint density at radius 3 is 2.88 bits per heavy atom. The number of aryl methyl sites for hydroxylation is 2. The maximum absolute atomic E-state index is 12.8. The third-order valence-electron chi connectivity index (χ3n) is 4.25. The van der Waals surface area contributed by atoms with Crippen LogP contribution in [0, 0.1) is 13.8 Å². The summed E-state index contributed by atoms with van der Waals surface area (Å²) in [5.41, 5.74) is 6.09. The highest BCUT2D eigenvalue weighted by Crippen LogP contribution is 2.28. The number of rotatable bonds is 4. The third-order valence-corrected chi connectivity index (χ3v) is 5.31. The van der Waals surface area contributed by atoms with Crippen LogP contribution in [-0.4, -0.2) is 44.3 Å². The SMILES string of the molecule is Cc1nc(C)c(C(=O)N2CCC[C@H](c3nccn3CC(N)=O)C2)s1. The molecule has 0 bridgehead atoms. The second kappa shape index (κ2) is 6.72. The summed E-state index contributed by atoms with van der Waals surface area (Å²) in [4.78, 5) is 35.3. The number of primary amides is 1. The summed E-state index contributed by atoms with van der Waals surface area (Å²) in [6.45, 7) is 5.24. The van der Waals surface area contributed by atoms with Crippen LogP contribution in [-0.2, 0) is 11.3 Å². The van der Waals surface area contributed by atoms with Gasteiger partial charge in [0.2, 0.25) is 5.91 Å². The summed E-state index contributed by atoms with van der Waals surface area (Å²) in [5, 5.41) is 0.904. The first-order chi connectivity index (χ1) is 11.5. The number of thiazole rings is 1. The molecule has 3 heterocycles. The first-order valence-corrected chi connectivity index (χ1v) is 8.80. The van der Waals surface area contributed by atoms with Gasteiger partial charge in [-0.1, -0.05) is 0 Å². The number of aromatic nitrogens is 3. The molecule has 0 aromatic carbocycles. The predicted molar refractivity (Wildman–Crippen MR) is 90.9 cm³/mol. The van der Waals surface area contributed by atoms with Crippen LogP contribution in [0.25, 0.3) is 0 Å². The van der Waals surface area contributed by atoms with Gasteiger partial charge < -0.3 is 15.2 Å². The lowest BCUT2D eigenvalue weighted by Gasteiger charge is -2.32. The van der Waals surface area contributed by atoms with Crippen LogP contribution in [0.5, 0.6) is 0 Å². The van der Waals surface area contributed by atoms with Crippen molar-refractivity contribution in [1.82, 2.24) is 19.4 Å². The van der Waals surface area contributed by atoms with E-state index in [2.05, 4.69) is 9.97 Å². The van der Waals surface area contributed by atoms with E-state index >= 15 is 0 Å². The minimum Gasteiger partial charge on any atom is -0.368 e. The summed E-state index contributed by atoms with van der Waals surface area (Å²) in [5.74, 6) is 0.583. The molecular formula is C16H21N5O2S. The van der Waals surface area contributed by atoms with Gasteiger partial charge in [0.15, 0.2) is 0 Å². The molecule has 0 saturated carbocycles. The number of imidazole rings is 1. The largest absolute Gasteiger partial charge is 0.368 e. The minimum absolute atomic E-state index is 0.0378. The van der Waals surface area contributed by atoms with Crippen molar-refractivity contribution >= 4 is 23.2 Å². The van der Waals surface area contributed by atoms with Gasteiger partial charge in [0.25, 0.3) is 5.91 Å². The summed E-state index contributed by atoms with van der Waals surface area (Å²) < 4.78 is 1.78. The lowest BCUT2D eigenvalue weighted by Crippen LogP contribution is -2.40. The Hall–Kier alpha value is -2.22. The molecule has 2 N–H and O–H groups in total. The van der Waals surface area contributed by atoms with E-state index in [0.29, 0.717) is 11.4 Å². The predicted octanol–water partition coefficient (Wildman–Crippen LogP) is 1.46. The van der Waals surface area contributed by atoms with Crippen molar-refractivity contribution in [2.45, 2.75) is 39.2 Å². The fourth-order valence-corrected chi connectivity index (χ4v) is 4.12. The number of piperidine rings is 1. The van der Waals surface area contributed by atoms with Gasteiger partial charge in [-0.2, -0.15) is 0 Å². The molecule has 1 atom stereocenters. The first-order valence-electron chi connectivity index (χ1n) is 7.98. The Kier molecular flexibility index (Phi) is 4.66. The van der Waals surface area contributed by atoms with Crippen LogP contribution in [0.4, 0.5) is 0 Å². The molecular weight excluding hydrogens is 326 g/mol. The summed E-state index contributed by atoms with van der Waals surface area (Å²) in [6, 6.07) is 0. The third kappa shape index (κ3) is 3.33. The van der Waals surface area contributed by atoms with Crippen molar-refractivity contribution in [3.8, 4) is 0 Å². The quantitative estimate of drug-likeness (QED) is 0.906. The fourth-order valence-electron chi connectivity index (χ4n) is 3.23. The number of hydrogen-bond donors (Lipinski definition) is 1. The van der Waals surface area contributed by atoms with Gasteiger partial charge in [0.05, 0.1) is 10.7 Å². The maximum Gasteiger partial charge on any atom is 0.265 e. The zero-order valence-corrected chi connectivity index (χ0v) is 14.7. The van der Waals surface area contributed by atoms with Crippen molar-refractivity contribution in [2.24, 2.45) is 5.73 Å². The molecule has 2 aromatic rings. The molecule has 3 rings (SSSR count). The Bertz CT molecular complexity index is 766. The molecule has 1 saturated heterocycles. The minimum atomic E-state index is -0.395. The van der Waals surface area contributed by atoms with Crippen LogP contribution in [0.2, 0.25) is 0 Å². The number of likely N-dealkylation sites (tertiary alicyclic amines) is 1. The number of nitrogens with zero attached hydrogens (tertiary/aromatic N) is 4. The molecule has 8 heteroatoms. The van der Waals surface area contributed by atoms with E-state index < -0.39 is 5.91 Å². The van der Waals surface area contributed by atoms with Gasteiger partial charge in [-0.3, -0.25) is 9.59 Å². The van der Waals surface area contributed by atoms with Gasteiger partial charge >= 0.3 is 0 Å². The van der Waals surface area contributed by atoms with Crippen molar-refractivity contribution in [2.75, 3.05) is 13.1 Å². The number of carbonyl (C=O) groups excluding carboxylic acids is 2. The van der Waals surface area contributed by atoms with Crippen molar-refractivity contribution in [3.05, 3.63) is 33.8 Å². The van der Waals surface area contributed by atoms with E-state index in [1.807, 2.05) is 18.7 Å². The summed E-state index contributed by atoms with van der Waals surface area (Å²) in [7, 11) is 0. The normalized spacial score (nSPS) is 17.9. The molecule has 0 unspecified atom stereocenters. The molecule has 2 aromatic heterocycles. The van der Waals surface area contributed by atoms with E-state index in [9.17, 15) is 9.59 Å². The molecule has 7 nitrogen and oxygen atoms in total. The molecule has 1 aliphatic rings. The van der Waals surface area contributed by atoms with Crippen LogP contribution in [0.3, 0.4) is 0 Å². The van der Waals surface area contributed by atoms with E-state index in [1.54, 1.807) is 17.0 Å². The van der Waals surface area contributed by atoms with Crippen molar-refractivity contribution < 1.29 is 9.59 Å². The van der Waals surface area contributed by atoms with Crippen molar-refractivity contribution in [1.29, 1.82) is 0 Å². The Balaban J connectivity index is 1.77. The molecule has 1 fully saturated rings. The smallest absolute Gasteiger partial charge is 0.265 e. The zero-order valence-electron chi connectivity index (χ0n) is 13.9. The zero-order chi connectivity index (χ0) is 17.3. The van der Waals surface area contributed by atoms with E-state index in [4.69, 9.17) is 5.73 Å². The topological polar surface area (TPSA) is 94.1 Å². The molecule has 1 aliphatic heterocycles. The van der Waals surface area contributed by atoms with Gasteiger partial charge in [-0.15, -0.1) is 11.3 Å². The highest BCUT2D eigenvalue weighted by molar-refractivity contribution is 7.13.